The standard InChI is InChI=1S/C30H31F2NO7/c1-29(2,3)40-28(38)33-23-6-4-5-16(23)13-24(33)27(37)39-15-26(36)18-8-10-20-19-9-7-17(25(35)14-34)11-21(19)30(31,32)22(20)12-18/h7-12,16,23-24,34H,4-6,13-15H2,1-3H3/t16?,23?,24-/m0/s1. The van der Waals surface area contributed by atoms with Gasteiger partial charge < -0.3 is 14.6 Å². The molecule has 1 amide bonds. The van der Waals surface area contributed by atoms with Crippen molar-refractivity contribution in [2.24, 2.45) is 5.92 Å². The van der Waals surface area contributed by atoms with Gasteiger partial charge >= 0.3 is 12.1 Å². The fourth-order valence-electron chi connectivity index (χ4n) is 6.05. The Bertz CT molecular complexity index is 1400. The predicted molar refractivity (Wildman–Crippen MR) is 139 cm³/mol. The summed E-state index contributed by atoms with van der Waals surface area (Å²) in [5, 5.41) is 9.09. The van der Waals surface area contributed by atoms with Crippen LogP contribution in [0, 0.1) is 5.92 Å². The van der Waals surface area contributed by atoms with E-state index >= 15 is 8.78 Å². The molecular weight excluding hydrogens is 524 g/mol. The smallest absolute Gasteiger partial charge is 0.411 e. The number of hydrogen-bond acceptors (Lipinski definition) is 7. The molecule has 0 bridgehead atoms. The highest BCUT2D eigenvalue weighted by Gasteiger charge is 2.51. The van der Waals surface area contributed by atoms with Crippen molar-refractivity contribution in [3.63, 3.8) is 0 Å². The van der Waals surface area contributed by atoms with Gasteiger partial charge in [-0.05, 0) is 69.2 Å². The van der Waals surface area contributed by atoms with E-state index in [0.29, 0.717) is 6.42 Å². The molecule has 1 saturated heterocycles. The van der Waals surface area contributed by atoms with Crippen LogP contribution in [0.5, 0.6) is 0 Å². The number of ether oxygens (including phenoxy) is 2. The summed E-state index contributed by atoms with van der Waals surface area (Å²) >= 11 is 0. The molecule has 1 saturated carbocycles. The number of fused-ring (bicyclic) bond motifs is 4. The Morgan fingerprint density at radius 2 is 1.57 bits per heavy atom. The minimum Gasteiger partial charge on any atom is -0.456 e. The zero-order valence-corrected chi connectivity index (χ0v) is 22.5. The molecule has 2 aliphatic carbocycles. The second kappa shape index (κ2) is 10.1. The first-order valence-electron chi connectivity index (χ1n) is 13.3. The molecule has 3 aliphatic rings. The second-order valence-electron chi connectivity index (χ2n) is 11.6. The van der Waals surface area contributed by atoms with Crippen LogP contribution in [-0.2, 0) is 20.2 Å². The molecule has 0 radical (unpaired) electrons. The Hall–Kier alpha value is -3.66. The van der Waals surface area contributed by atoms with E-state index in [4.69, 9.17) is 14.6 Å². The first-order valence-corrected chi connectivity index (χ1v) is 13.3. The number of nitrogens with zero attached hydrogens (tertiary/aromatic N) is 1. The SMILES string of the molecule is CC(C)(C)OC(=O)N1C2CCCC2C[C@H]1C(=O)OCC(=O)c1ccc2c(c1)C(F)(F)c1cc(C(=O)CO)ccc1-2. The third-order valence-electron chi connectivity index (χ3n) is 7.85. The molecule has 1 heterocycles. The first-order chi connectivity index (χ1) is 18.8. The average Bonchev–Trinajstić information content (AvgIpc) is 3.56. The molecule has 0 aromatic heterocycles. The van der Waals surface area contributed by atoms with Gasteiger partial charge in [-0.15, -0.1) is 0 Å². The lowest BCUT2D eigenvalue weighted by Crippen LogP contribution is -2.47. The summed E-state index contributed by atoms with van der Waals surface area (Å²) in [6.45, 7) is 3.76. The van der Waals surface area contributed by atoms with Crippen molar-refractivity contribution in [3.8, 4) is 11.1 Å². The first kappa shape index (κ1) is 27.9. The van der Waals surface area contributed by atoms with Gasteiger partial charge in [0.2, 0.25) is 0 Å². The summed E-state index contributed by atoms with van der Waals surface area (Å²) < 4.78 is 41.6. The lowest BCUT2D eigenvalue weighted by Gasteiger charge is -2.31. The van der Waals surface area contributed by atoms with Gasteiger partial charge in [0.1, 0.15) is 18.2 Å². The lowest BCUT2D eigenvalue weighted by atomic mass is 10.0. The van der Waals surface area contributed by atoms with Crippen molar-refractivity contribution >= 4 is 23.6 Å². The molecule has 40 heavy (non-hydrogen) atoms. The normalized spacial score (nSPS) is 22.4. The number of carbonyl (C=O) groups is 4. The van der Waals surface area contributed by atoms with E-state index < -0.39 is 60.0 Å². The number of amides is 1. The summed E-state index contributed by atoms with van der Waals surface area (Å²) in [4.78, 5) is 52.2. The van der Waals surface area contributed by atoms with E-state index in [-0.39, 0.29) is 39.8 Å². The van der Waals surface area contributed by atoms with Crippen LogP contribution in [0.2, 0.25) is 0 Å². The fraction of sp³-hybridized carbons (Fsp3) is 0.467. The number of ketones is 2. The van der Waals surface area contributed by atoms with Crippen LogP contribution >= 0.6 is 0 Å². The maximum absolute atomic E-state index is 15.4. The third-order valence-corrected chi connectivity index (χ3v) is 7.85. The summed E-state index contributed by atoms with van der Waals surface area (Å²) in [6, 6.07) is 6.69. The van der Waals surface area contributed by atoms with Gasteiger partial charge in [-0.1, -0.05) is 30.7 Å². The quantitative estimate of drug-likeness (QED) is 0.399. The largest absolute Gasteiger partial charge is 0.456 e. The van der Waals surface area contributed by atoms with Gasteiger partial charge in [-0.25, -0.2) is 9.59 Å². The molecule has 5 rings (SSSR count). The highest BCUT2D eigenvalue weighted by atomic mass is 19.3. The molecule has 2 unspecified atom stereocenters. The number of Topliss-reactive ketones (excluding diaryl/α,β-unsaturated/α-hetero) is 2. The number of aliphatic hydroxyl groups excluding tert-OH is 1. The molecule has 8 nitrogen and oxygen atoms in total. The molecule has 2 fully saturated rings. The van der Waals surface area contributed by atoms with Crippen LogP contribution in [-0.4, -0.2) is 64.5 Å². The highest BCUT2D eigenvalue weighted by Crippen LogP contribution is 2.51. The topological polar surface area (TPSA) is 110 Å². The van der Waals surface area contributed by atoms with E-state index in [0.717, 1.165) is 31.4 Å². The van der Waals surface area contributed by atoms with Crippen LogP contribution in [0.15, 0.2) is 36.4 Å². The molecule has 0 spiro atoms. The van der Waals surface area contributed by atoms with Crippen LogP contribution in [0.25, 0.3) is 11.1 Å². The third kappa shape index (κ3) is 4.89. The number of carbonyl (C=O) groups excluding carboxylic acids is 4. The summed E-state index contributed by atoms with van der Waals surface area (Å²) in [5.74, 6) is -5.40. The number of rotatable bonds is 6. The minimum absolute atomic E-state index is 0.0339. The zero-order chi connectivity index (χ0) is 29.0. The molecule has 212 valence electrons. The van der Waals surface area contributed by atoms with Gasteiger partial charge in [-0.2, -0.15) is 8.78 Å². The lowest BCUT2D eigenvalue weighted by molar-refractivity contribution is -0.148. The number of esters is 1. The van der Waals surface area contributed by atoms with Gasteiger partial charge in [0, 0.05) is 28.3 Å². The molecular formula is C30H31F2NO7. The van der Waals surface area contributed by atoms with Gasteiger partial charge in [0.25, 0.3) is 5.92 Å². The predicted octanol–water partition coefficient (Wildman–Crippen LogP) is 4.89. The van der Waals surface area contributed by atoms with E-state index in [1.165, 1.54) is 29.2 Å². The van der Waals surface area contributed by atoms with E-state index in [9.17, 15) is 19.2 Å². The molecule has 1 aliphatic heterocycles. The van der Waals surface area contributed by atoms with E-state index in [1.807, 2.05) is 0 Å². The Morgan fingerprint density at radius 3 is 2.15 bits per heavy atom. The van der Waals surface area contributed by atoms with E-state index in [2.05, 4.69) is 0 Å². The second-order valence-corrected chi connectivity index (χ2v) is 11.6. The van der Waals surface area contributed by atoms with Gasteiger partial charge in [-0.3, -0.25) is 14.5 Å². The maximum atomic E-state index is 15.4. The zero-order valence-electron chi connectivity index (χ0n) is 22.5. The van der Waals surface area contributed by atoms with Crippen molar-refractivity contribution in [2.75, 3.05) is 13.2 Å². The highest BCUT2D eigenvalue weighted by molar-refractivity contribution is 6.01. The van der Waals surface area contributed by atoms with E-state index in [1.54, 1.807) is 20.8 Å². The van der Waals surface area contributed by atoms with Gasteiger partial charge in [0.15, 0.2) is 18.2 Å². The number of benzene rings is 2. The number of likely N-dealkylation sites (tertiary alicyclic amines) is 1. The Balaban J connectivity index is 1.30. The van der Waals surface area contributed by atoms with Crippen molar-refractivity contribution in [3.05, 3.63) is 58.7 Å². The Kier molecular flexibility index (Phi) is 7.02. The summed E-state index contributed by atoms with van der Waals surface area (Å²) in [6.07, 6.45) is 2.41. The molecule has 3 atom stereocenters. The number of aliphatic hydroxyl groups is 1. The number of hydrogen-bond donors (Lipinski definition) is 1. The van der Waals surface area contributed by atoms with Crippen molar-refractivity contribution in [1.29, 1.82) is 0 Å². The Labute approximate surface area is 230 Å². The summed E-state index contributed by atoms with van der Waals surface area (Å²) in [5.41, 5.74) is -1.16. The number of halogens is 2. The van der Waals surface area contributed by atoms with Gasteiger partial charge in [0.05, 0.1) is 0 Å². The fourth-order valence-corrected chi connectivity index (χ4v) is 6.05. The van der Waals surface area contributed by atoms with Crippen LogP contribution in [0.1, 0.15) is 78.3 Å². The van der Waals surface area contributed by atoms with Crippen LogP contribution in [0.3, 0.4) is 0 Å². The number of alkyl halides is 2. The monoisotopic (exact) mass is 555 g/mol. The molecule has 1 N–H and O–H groups in total. The maximum Gasteiger partial charge on any atom is 0.411 e. The average molecular weight is 556 g/mol. The minimum atomic E-state index is -3.47. The summed E-state index contributed by atoms with van der Waals surface area (Å²) in [7, 11) is 0. The van der Waals surface area contributed by atoms with Crippen molar-refractivity contribution in [1.82, 2.24) is 4.90 Å². The van der Waals surface area contributed by atoms with Crippen molar-refractivity contribution in [2.45, 2.75) is 70.1 Å². The molecule has 2 aromatic rings. The van der Waals surface area contributed by atoms with Crippen molar-refractivity contribution < 1.29 is 42.5 Å². The van der Waals surface area contributed by atoms with Crippen LogP contribution < -0.4 is 0 Å². The molecule has 2 aromatic carbocycles. The Morgan fingerprint density at radius 1 is 0.975 bits per heavy atom. The molecule has 10 heteroatoms. The van der Waals surface area contributed by atoms with Crippen LogP contribution in [0.4, 0.5) is 13.6 Å².